The van der Waals surface area contributed by atoms with Crippen molar-refractivity contribution in [1.29, 1.82) is 0 Å². The van der Waals surface area contributed by atoms with Gasteiger partial charge < -0.3 is 4.74 Å². The Bertz CT molecular complexity index is 347. The molecule has 1 saturated heterocycles. The van der Waals surface area contributed by atoms with Crippen molar-refractivity contribution in [3.05, 3.63) is 12.2 Å². The van der Waals surface area contributed by atoms with Crippen LogP contribution in [0.2, 0.25) is 0 Å². The molecule has 2 fully saturated rings. The summed E-state index contributed by atoms with van der Waals surface area (Å²) in [4.78, 5) is 11.3. The van der Waals surface area contributed by atoms with E-state index in [1.807, 2.05) is 0 Å². The Labute approximate surface area is 116 Å². The molecule has 2 aliphatic carbocycles. The van der Waals surface area contributed by atoms with Crippen LogP contribution in [0, 0.1) is 17.8 Å². The SMILES string of the molecule is O=C1CCC[C@H](CC[C@H]2CC=C[C@@H]3CCCC[C@H]23)O1. The fourth-order valence-corrected chi connectivity index (χ4v) is 4.33. The summed E-state index contributed by atoms with van der Waals surface area (Å²) >= 11 is 0. The number of allylic oxidation sites excluding steroid dienone is 2. The monoisotopic (exact) mass is 262 g/mol. The Morgan fingerprint density at radius 3 is 2.89 bits per heavy atom. The van der Waals surface area contributed by atoms with E-state index in [1.54, 1.807) is 0 Å². The van der Waals surface area contributed by atoms with E-state index in [4.69, 9.17) is 4.74 Å². The van der Waals surface area contributed by atoms with E-state index in [1.165, 1.54) is 38.5 Å². The maximum atomic E-state index is 11.3. The first-order chi connectivity index (χ1) is 9.33. The quantitative estimate of drug-likeness (QED) is 0.561. The van der Waals surface area contributed by atoms with Crippen LogP contribution in [0.1, 0.15) is 64.2 Å². The van der Waals surface area contributed by atoms with Gasteiger partial charge in [-0.3, -0.25) is 4.79 Å². The first-order valence-corrected chi connectivity index (χ1v) is 8.19. The predicted octanol–water partition coefficient (Wildman–Crippen LogP) is 4.24. The number of carbonyl (C=O) groups excluding carboxylic acids is 1. The van der Waals surface area contributed by atoms with E-state index in [9.17, 15) is 4.79 Å². The van der Waals surface area contributed by atoms with E-state index in [0.29, 0.717) is 6.42 Å². The molecule has 4 atom stereocenters. The molecule has 1 saturated carbocycles. The third kappa shape index (κ3) is 3.21. The molecular formula is C17H26O2. The van der Waals surface area contributed by atoms with Crippen LogP contribution in [-0.4, -0.2) is 12.1 Å². The topological polar surface area (TPSA) is 26.3 Å². The highest BCUT2D eigenvalue weighted by Gasteiger charge is 2.32. The smallest absolute Gasteiger partial charge is 0.306 e. The van der Waals surface area contributed by atoms with Crippen molar-refractivity contribution >= 4 is 5.97 Å². The van der Waals surface area contributed by atoms with E-state index in [2.05, 4.69) is 12.2 Å². The molecule has 0 spiro atoms. The van der Waals surface area contributed by atoms with Crippen LogP contribution in [-0.2, 0) is 9.53 Å². The van der Waals surface area contributed by atoms with E-state index < -0.39 is 0 Å². The van der Waals surface area contributed by atoms with Crippen LogP contribution >= 0.6 is 0 Å². The van der Waals surface area contributed by atoms with E-state index in [-0.39, 0.29) is 12.1 Å². The van der Waals surface area contributed by atoms with Crippen molar-refractivity contribution < 1.29 is 9.53 Å². The number of esters is 1. The molecule has 0 aromatic rings. The zero-order chi connectivity index (χ0) is 13.1. The van der Waals surface area contributed by atoms with Crippen molar-refractivity contribution in [2.75, 3.05) is 0 Å². The van der Waals surface area contributed by atoms with Crippen LogP contribution in [0.15, 0.2) is 12.2 Å². The van der Waals surface area contributed by atoms with Crippen LogP contribution in [0.5, 0.6) is 0 Å². The maximum absolute atomic E-state index is 11.3. The van der Waals surface area contributed by atoms with Crippen molar-refractivity contribution in [3.8, 4) is 0 Å². The van der Waals surface area contributed by atoms with Crippen LogP contribution in [0.3, 0.4) is 0 Å². The molecule has 2 heteroatoms. The molecule has 106 valence electrons. The summed E-state index contributed by atoms with van der Waals surface area (Å²) in [5.74, 6) is 2.63. The molecule has 3 rings (SSSR count). The van der Waals surface area contributed by atoms with Gasteiger partial charge in [-0.1, -0.05) is 25.0 Å². The highest BCUT2D eigenvalue weighted by Crippen LogP contribution is 2.42. The molecule has 0 bridgehead atoms. The van der Waals surface area contributed by atoms with Crippen LogP contribution in [0.25, 0.3) is 0 Å². The Hall–Kier alpha value is -0.790. The normalized spacial score (nSPS) is 38.6. The molecule has 0 unspecified atom stereocenters. The van der Waals surface area contributed by atoms with Gasteiger partial charge in [0.2, 0.25) is 0 Å². The van der Waals surface area contributed by atoms with Gasteiger partial charge in [0.05, 0.1) is 0 Å². The number of carbonyl (C=O) groups is 1. The van der Waals surface area contributed by atoms with Gasteiger partial charge in [-0.15, -0.1) is 0 Å². The minimum Gasteiger partial charge on any atom is -0.462 e. The second-order valence-electron chi connectivity index (χ2n) is 6.62. The van der Waals surface area contributed by atoms with Gasteiger partial charge in [0.1, 0.15) is 6.10 Å². The minimum atomic E-state index is 0.0235. The molecule has 19 heavy (non-hydrogen) atoms. The lowest BCUT2D eigenvalue weighted by atomic mass is 9.67. The third-order valence-electron chi connectivity index (χ3n) is 5.37. The fourth-order valence-electron chi connectivity index (χ4n) is 4.33. The zero-order valence-corrected chi connectivity index (χ0v) is 11.9. The molecular weight excluding hydrogens is 236 g/mol. The Morgan fingerprint density at radius 2 is 2.00 bits per heavy atom. The number of hydrogen-bond donors (Lipinski definition) is 0. The van der Waals surface area contributed by atoms with Crippen molar-refractivity contribution in [3.63, 3.8) is 0 Å². The number of ether oxygens (including phenoxy) is 1. The van der Waals surface area contributed by atoms with Crippen molar-refractivity contribution in [2.24, 2.45) is 17.8 Å². The standard InChI is InChI=1S/C17H26O2/c18-17-10-4-8-15(19-17)12-11-14-7-3-6-13-5-1-2-9-16(13)14/h3,6,13-16H,1-2,4-5,7-12H2/t13-,14+,15+,16-/m0/s1. The maximum Gasteiger partial charge on any atom is 0.306 e. The lowest BCUT2D eigenvalue weighted by molar-refractivity contribution is -0.154. The second-order valence-corrected chi connectivity index (χ2v) is 6.62. The molecule has 0 aromatic carbocycles. The molecule has 0 N–H and O–H groups in total. The Kier molecular flexibility index (Phi) is 4.24. The molecule has 1 aliphatic heterocycles. The Morgan fingerprint density at radius 1 is 1.11 bits per heavy atom. The van der Waals surface area contributed by atoms with Gasteiger partial charge in [-0.05, 0) is 62.7 Å². The molecule has 0 aromatic heterocycles. The largest absolute Gasteiger partial charge is 0.462 e. The van der Waals surface area contributed by atoms with Crippen molar-refractivity contribution in [2.45, 2.75) is 70.3 Å². The zero-order valence-electron chi connectivity index (χ0n) is 11.9. The Balaban J connectivity index is 1.51. The summed E-state index contributed by atoms with van der Waals surface area (Å²) in [5.41, 5.74) is 0. The number of fused-ring (bicyclic) bond motifs is 1. The first-order valence-electron chi connectivity index (χ1n) is 8.19. The van der Waals surface area contributed by atoms with Gasteiger partial charge in [0.15, 0.2) is 0 Å². The minimum absolute atomic E-state index is 0.0235. The average molecular weight is 262 g/mol. The van der Waals surface area contributed by atoms with Crippen LogP contribution in [0.4, 0.5) is 0 Å². The summed E-state index contributed by atoms with van der Waals surface area (Å²) in [6.45, 7) is 0. The highest BCUT2D eigenvalue weighted by molar-refractivity contribution is 5.70. The lowest BCUT2D eigenvalue weighted by Gasteiger charge is -2.39. The first kappa shape index (κ1) is 13.2. The summed E-state index contributed by atoms with van der Waals surface area (Å²) < 4.78 is 5.46. The van der Waals surface area contributed by atoms with Gasteiger partial charge in [0, 0.05) is 6.42 Å². The summed E-state index contributed by atoms with van der Waals surface area (Å²) in [6.07, 6.45) is 17.1. The van der Waals surface area contributed by atoms with E-state index >= 15 is 0 Å². The van der Waals surface area contributed by atoms with Crippen molar-refractivity contribution in [1.82, 2.24) is 0 Å². The molecule has 3 aliphatic rings. The number of cyclic esters (lactones) is 1. The molecule has 0 amide bonds. The number of rotatable bonds is 3. The lowest BCUT2D eigenvalue weighted by Crippen LogP contribution is -2.30. The van der Waals surface area contributed by atoms with Gasteiger partial charge in [-0.2, -0.15) is 0 Å². The highest BCUT2D eigenvalue weighted by atomic mass is 16.5. The van der Waals surface area contributed by atoms with E-state index in [0.717, 1.165) is 37.0 Å². The fraction of sp³-hybridized carbons (Fsp3) is 0.824. The summed E-state index contributed by atoms with van der Waals surface area (Å²) in [6, 6.07) is 0. The van der Waals surface area contributed by atoms with Gasteiger partial charge >= 0.3 is 5.97 Å². The number of hydrogen-bond acceptors (Lipinski definition) is 2. The summed E-state index contributed by atoms with van der Waals surface area (Å²) in [5, 5.41) is 0. The van der Waals surface area contributed by atoms with Crippen LogP contribution < -0.4 is 0 Å². The molecule has 0 radical (unpaired) electrons. The van der Waals surface area contributed by atoms with Gasteiger partial charge in [0.25, 0.3) is 0 Å². The predicted molar refractivity (Wildman–Crippen MR) is 75.7 cm³/mol. The second kappa shape index (κ2) is 6.11. The third-order valence-corrected chi connectivity index (χ3v) is 5.37. The average Bonchev–Trinajstić information content (AvgIpc) is 2.45. The summed E-state index contributed by atoms with van der Waals surface area (Å²) in [7, 11) is 0. The molecule has 2 nitrogen and oxygen atoms in total. The van der Waals surface area contributed by atoms with Gasteiger partial charge in [-0.25, -0.2) is 0 Å². The molecule has 1 heterocycles.